The number of aromatic nitrogens is 2. The normalized spacial score (nSPS) is 13.6. The summed E-state index contributed by atoms with van der Waals surface area (Å²) in [6.45, 7) is 15.4. The molecule has 0 aliphatic carbocycles. The van der Waals surface area contributed by atoms with Crippen molar-refractivity contribution in [1.29, 1.82) is 0 Å². The Labute approximate surface area is 182 Å². The molecule has 0 amide bonds. The van der Waals surface area contributed by atoms with E-state index in [4.69, 9.17) is 0 Å². The number of aliphatic hydroxyl groups excluding tert-OH is 1. The highest BCUT2D eigenvalue weighted by Gasteiger charge is 2.11. The minimum Gasteiger partial charge on any atom is -0.385 e. The monoisotopic (exact) mass is 404 g/mol. The lowest BCUT2D eigenvalue weighted by Gasteiger charge is -2.15. The summed E-state index contributed by atoms with van der Waals surface area (Å²) >= 11 is 0. The third-order valence-corrected chi connectivity index (χ3v) is 5.25. The first-order valence-electron chi connectivity index (χ1n) is 11.1. The summed E-state index contributed by atoms with van der Waals surface area (Å²) in [4.78, 5) is 4.24. The van der Waals surface area contributed by atoms with E-state index in [1.165, 1.54) is 17.6 Å². The van der Waals surface area contributed by atoms with Gasteiger partial charge in [-0.05, 0) is 54.5 Å². The Hall–Kier alpha value is -2.57. The minimum absolute atomic E-state index is 0.367. The number of nitrogens with zero attached hydrogens (tertiary/aromatic N) is 2. The lowest BCUT2D eigenvalue weighted by atomic mass is 9.92. The van der Waals surface area contributed by atoms with Gasteiger partial charge >= 0.3 is 0 Å². The van der Waals surface area contributed by atoms with Gasteiger partial charge in [-0.1, -0.05) is 70.7 Å². The van der Waals surface area contributed by atoms with Gasteiger partial charge in [0.15, 0.2) is 0 Å². The zero-order chi connectivity index (χ0) is 22.1. The molecule has 1 N–H and O–H groups in total. The number of rotatable bonds is 9. The van der Waals surface area contributed by atoms with E-state index in [-0.39, 0.29) is 0 Å². The van der Waals surface area contributed by atoms with Gasteiger partial charge < -0.3 is 9.67 Å². The van der Waals surface area contributed by atoms with Crippen molar-refractivity contribution < 1.29 is 5.11 Å². The number of allylic oxidation sites excluding steroid dienone is 3. The molecule has 30 heavy (non-hydrogen) atoms. The molecule has 160 valence electrons. The molecule has 1 unspecified atom stereocenters. The van der Waals surface area contributed by atoms with Crippen LogP contribution in [-0.2, 0) is 6.54 Å². The first-order valence-corrected chi connectivity index (χ1v) is 11.1. The van der Waals surface area contributed by atoms with Crippen molar-refractivity contribution in [2.24, 2.45) is 11.8 Å². The van der Waals surface area contributed by atoms with Crippen LogP contribution in [0.2, 0.25) is 0 Å². The summed E-state index contributed by atoms with van der Waals surface area (Å²) in [5, 5.41) is 9.86. The Balaban J connectivity index is 2.18. The topological polar surface area (TPSA) is 38.0 Å². The van der Waals surface area contributed by atoms with Crippen molar-refractivity contribution in [2.45, 2.75) is 66.5 Å². The van der Waals surface area contributed by atoms with Gasteiger partial charge in [0, 0.05) is 30.4 Å². The Bertz CT molecular complexity index is 904. The van der Waals surface area contributed by atoms with Crippen LogP contribution >= 0.6 is 0 Å². The van der Waals surface area contributed by atoms with Gasteiger partial charge in [0.25, 0.3) is 0 Å². The van der Waals surface area contributed by atoms with E-state index >= 15 is 0 Å². The Kier molecular flexibility index (Phi) is 9.15. The van der Waals surface area contributed by atoms with Crippen LogP contribution in [0.4, 0.5) is 0 Å². The van der Waals surface area contributed by atoms with Gasteiger partial charge in [0.1, 0.15) is 11.9 Å². The van der Waals surface area contributed by atoms with Crippen LogP contribution in [0, 0.1) is 23.7 Å². The average molecular weight is 405 g/mol. The van der Waals surface area contributed by atoms with Crippen molar-refractivity contribution in [3.05, 3.63) is 71.8 Å². The summed E-state index contributed by atoms with van der Waals surface area (Å²) in [6, 6.07) is 8.54. The lowest BCUT2D eigenvalue weighted by Crippen LogP contribution is -2.07. The first-order chi connectivity index (χ1) is 14.3. The van der Waals surface area contributed by atoms with Gasteiger partial charge in [-0.2, -0.15) is 0 Å². The maximum absolute atomic E-state index is 9.86. The predicted octanol–water partition coefficient (Wildman–Crippen LogP) is 6.41. The summed E-state index contributed by atoms with van der Waals surface area (Å²) in [6.07, 6.45) is 8.60. The second-order valence-corrected chi connectivity index (χ2v) is 8.24. The van der Waals surface area contributed by atoms with Crippen LogP contribution in [-0.4, -0.2) is 14.7 Å². The van der Waals surface area contributed by atoms with Crippen LogP contribution in [0.5, 0.6) is 0 Å². The van der Waals surface area contributed by atoms with E-state index in [1.807, 2.05) is 10.8 Å². The lowest BCUT2D eigenvalue weighted by molar-refractivity contribution is 0.184. The molecule has 0 bridgehead atoms. The highest BCUT2D eigenvalue weighted by Crippen LogP contribution is 2.25. The van der Waals surface area contributed by atoms with Crippen molar-refractivity contribution in [1.82, 2.24) is 9.55 Å². The van der Waals surface area contributed by atoms with Gasteiger partial charge in [0.05, 0.1) is 0 Å². The van der Waals surface area contributed by atoms with Gasteiger partial charge in [0.2, 0.25) is 0 Å². The molecule has 1 aromatic heterocycles. The molecule has 2 rings (SSSR count). The molecule has 1 heterocycles. The molecule has 3 nitrogen and oxygen atoms in total. The molecular formula is C27H36N2O. The second-order valence-electron chi connectivity index (χ2n) is 8.24. The summed E-state index contributed by atoms with van der Waals surface area (Å²) < 4.78 is 1.95. The molecule has 0 aliphatic heterocycles. The SMILES string of the molecule is C=C(/C=C(/c1ccc(C#CC(CC)CCC)cc1)C(C)C)Cn1ccnc1[C@H](C)O. The van der Waals surface area contributed by atoms with Crippen LogP contribution in [0.25, 0.3) is 5.57 Å². The number of hydrogen-bond donors (Lipinski definition) is 1. The Morgan fingerprint density at radius 1 is 1.20 bits per heavy atom. The fraction of sp³-hybridized carbons (Fsp3) is 0.444. The molecule has 2 atom stereocenters. The molecule has 1 aromatic carbocycles. The number of imidazole rings is 1. The van der Waals surface area contributed by atoms with Crippen LogP contribution in [0.15, 0.2) is 54.9 Å². The maximum Gasteiger partial charge on any atom is 0.137 e. The van der Waals surface area contributed by atoms with E-state index in [1.54, 1.807) is 13.1 Å². The molecule has 0 saturated heterocycles. The fourth-order valence-corrected chi connectivity index (χ4v) is 3.55. The van der Waals surface area contributed by atoms with Crippen molar-refractivity contribution in [3.63, 3.8) is 0 Å². The van der Waals surface area contributed by atoms with Crippen LogP contribution < -0.4 is 0 Å². The van der Waals surface area contributed by atoms with E-state index in [9.17, 15) is 5.11 Å². The first kappa shape index (κ1) is 23.7. The van der Waals surface area contributed by atoms with Gasteiger partial charge in [-0.15, -0.1) is 0 Å². The molecule has 0 aliphatic rings. The Morgan fingerprint density at radius 3 is 2.47 bits per heavy atom. The second kappa shape index (κ2) is 11.6. The maximum atomic E-state index is 9.86. The van der Waals surface area contributed by atoms with E-state index in [0.29, 0.717) is 24.2 Å². The van der Waals surface area contributed by atoms with Gasteiger partial charge in [-0.3, -0.25) is 0 Å². The summed E-state index contributed by atoms with van der Waals surface area (Å²) in [7, 11) is 0. The van der Waals surface area contributed by atoms with Crippen molar-refractivity contribution in [2.75, 3.05) is 0 Å². The highest BCUT2D eigenvalue weighted by atomic mass is 16.3. The molecule has 3 heteroatoms. The predicted molar refractivity (Wildman–Crippen MR) is 127 cm³/mol. The van der Waals surface area contributed by atoms with Crippen LogP contribution in [0.1, 0.15) is 76.9 Å². The third-order valence-electron chi connectivity index (χ3n) is 5.25. The van der Waals surface area contributed by atoms with Crippen molar-refractivity contribution >= 4 is 5.57 Å². The Morgan fingerprint density at radius 2 is 1.90 bits per heavy atom. The molecule has 0 radical (unpaired) electrons. The number of benzene rings is 1. The molecule has 0 fully saturated rings. The average Bonchev–Trinajstić information content (AvgIpc) is 3.18. The number of aliphatic hydroxyl groups is 1. The van der Waals surface area contributed by atoms with E-state index < -0.39 is 6.10 Å². The smallest absolute Gasteiger partial charge is 0.137 e. The fourth-order valence-electron chi connectivity index (χ4n) is 3.55. The molecule has 0 spiro atoms. The van der Waals surface area contributed by atoms with Gasteiger partial charge in [-0.25, -0.2) is 4.98 Å². The van der Waals surface area contributed by atoms with E-state index in [2.05, 4.69) is 81.4 Å². The third kappa shape index (κ3) is 6.75. The molecular weight excluding hydrogens is 368 g/mol. The standard InChI is InChI=1S/C27H36N2O/c1-7-9-23(8-2)10-11-24-12-14-25(15-13-24)26(20(3)4)18-21(5)19-29-17-16-28-27(29)22(6)30/h12-18,20,22-23,30H,5,7-9,19H2,1-4,6H3/b26-18+/t22-,23?/m0/s1. The minimum atomic E-state index is -0.598. The summed E-state index contributed by atoms with van der Waals surface area (Å²) in [5.41, 5.74) is 4.48. The highest BCUT2D eigenvalue weighted by molar-refractivity contribution is 5.69. The van der Waals surface area contributed by atoms with Crippen LogP contribution in [0.3, 0.4) is 0 Å². The molecule has 2 aromatic rings. The zero-order valence-corrected chi connectivity index (χ0v) is 19.2. The molecule has 0 saturated carbocycles. The quantitative estimate of drug-likeness (QED) is 0.387. The van der Waals surface area contributed by atoms with E-state index in [0.717, 1.165) is 24.0 Å². The summed E-state index contributed by atoms with van der Waals surface area (Å²) in [5.74, 6) is 8.28. The van der Waals surface area contributed by atoms with Crippen molar-refractivity contribution in [3.8, 4) is 11.8 Å². The zero-order valence-electron chi connectivity index (χ0n) is 19.2. The number of hydrogen-bond acceptors (Lipinski definition) is 2. The largest absolute Gasteiger partial charge is 0.385 e.